The highest BCUT2D eigenvalue weighted by Crippen LogP contribution is 2.37. The van der Waals surface area contributed by atoms with Crippen molar-refractivity contribution in [3.8, 4) is 17.6 Å². The van der Waals surface area contributed by atoms with E-state index in [2.05, 4.69) is 6.07 Å². The molecule has 0 spiro atoms. The predicted molar refractivity (Wildman–Crippen MR) is 129 cm³/mol. The number of rotatable bonds is 5. The predicted octanol–water partition coefficient (Wildman–Crippen LogP) is 1.53. The minimum atomic E-state index is -0.796. The Kier molecular flexibility index (Phi) is 6.25. The van der Waals surface area contributed by atoms with Crippen LogP contribution in [0, 0.1) is 11.3 Å². The van der Waals surface area contributed by atoms with E-state index < -0.39 is 17.4 Å². The summed E-state index contributed by atoms with van der Waals surface area (Å²) in [6, 6.07) is 16.4. The molecule has 9 heteroatoms. The summed E-state index contributed by atoms with van der Waals surface area (Å²) in [5.74, 6) is -0.251. The SMILES string of the molecule is COC(=O)C1=C(N)n2c(s/c(=C\c3ccc(OC)cc3)c2=O)=C(C#N)C1c1ccc(OC)cc1. The van der Waals surface area contributed by atoms with Crippen molar-refractivity contribution in [2.24, 2.45) is 5.73 Å². The van der Waals surface area contributed by atoms with Crippen LogP contribution in [-0.4, -0.2) is 31.9 Å². The molecule has 1 aromatic heterocycles. The maximum Gasteiger partial charge on any atom is 0.338 e. The number of nitriles is 1. The zero-order chi connectivity index (χ0) is 24.4. The Morgan fingerprint density at radius 3 is 2.18 bits per heavy atom. The first kappa shape index (κ1) is 22.9. The Hall–Kier alpha value is -4.29. The molecule has 2 heterocycles. The van der Waals surface area contributed by atoms with E-state index >= 15 is 0 Å². The van der Waals surface area contributed by atoms with Crippen molar-refractivity contribution >= 4 is 34.8 Å². The van der Waals surface area contributed by atoms with Gasteiger partial charge in [-0.3, -0.25) is 9.36 Å². The van der Waals surface area contributed by atoms with Crippen LogP contribution >= 0.6 is 11.3 Å². The van der Waals surface area contributed by atoms with E-state index in [9.17, 15) is 14.9 Å². The van der Waals surface area contributed by atoms with Gasteiger partial charge in [0.2, 0.25) is 0 Å². The van der Waals surface area contributed by atoms with Gasteiger partial charge in [-0.2, -0.15) is 5.26 Å². The van der Waals surface area contributed by atoms with Gasteiger partial charge in [-0.05, 0) is 41.5 Å². The number of hydrogen-bond donors (Lipinski definition) is 1. The molecule has 0 radical (unpaired) electrons. The number of fused-ring (bicyclic) bond motifs is 1. The van der Waals surface area contributed by atoms with Crippen LogP contribution in [0.5, 0.6) is 11.5 Å². The summed E-state index contributed by atoms with van der Waals surface area (Å²) in [6.07, 6.45) is 1.71. The molecule has 3 aromatic rings. The Labute approximate surface area is 199 Å². The second-order valence-electron chi connectivity index (χ2n) is 7.35. The number of carbonyl (C=O) groups is 1. The molecule has 0 saturated heterocycles. The number of ether oxygens (including phenoxy) is 3. The van der Waals surface area contributed by atoms with Gasteiger partial charge in [0, 0.05) is 0 Å². The zero-order valence-electron chi connectivity index (χ0n) is 18.7. The average molecular weight is 476 g/mol. The van der Waals surface area contributed by atoms with Gasteiger partial charge in [-0.15, -0.1) is 11.3 Å². The van der Waals surface area contributed by atoms with E-state index in [4.69, 9.17) is 19.9 Å². The normalized spacial score (nSPS) is 15.5. The van der Waals surface area contributed by atoms with Gasteiger partial charge in [0.1, 0.15) is 22.0 Å². The molecule has 1 unspecified atom stereocenters. The topological polar surface area (TPSA) is 117 Å². The summed E-state index contributed by atoms with van der Waals surface area (Å²) in [6.45, 7) is 0. The molecule has 0 amide bonds. The number of nitrogens with two attached hydrogens (primary N) is 1. The van der Waals surface area contributed by atoms with Gasteiger partial charge in [-0.1, -0.05) is 24.3 Å². The molecule has 0 fully saturated rings. The summed E-state index contributed by atoms with van der Waals surface area (Å²) in [4.78, 5) is 26.1. The third kappa shape index (κ3) is 3.84. The highest BCUT2D eigenvalue weighted by molar-refractivity contribution is 7.07. The van der Waals surface area contributed by atoms with E-state index in [0.717, 1.165) is 16.9 Å². The molecule has 1 aliphatic rings. The number of thiazole rings is 1. The molecule has 0 bridgehead atoms. The summed E-state index contributed by atoms with van der Waals surface area (Å²) in [7, 11) is 4.35. The van der Waals surface area contributed by atoms with Crippen LogP contribution in [-0.2, 0) is 9.53 Å². The van der Waals surface area contributed by atoms with Crippen LogP contribution in [0.2, 0.25) is 0 Å². The van der Waals surface area contributed by atoms with Crippen molar-refractivity contribution in [3.63, 3.8) is 0 Å². The van der Waals surface area contributed by atoms with E-state index in [1.807, 2.05) is 12.1 Å². The van der Waals surface area contributed by atoms with E-state index in [-0.39, 0.29) is 17.0 Å². The molecule has 0 aliphatic carbocycles. The van der Waals surface area contributed by atoms with Crippen LogP contribution in [0.25, 0.3) is 17.5 Å². The van der Waals surface area contributed by atoms with Crippen LogP contribution in [0.3, 0.4) is 0 Å². The Balaban J connectivity index is 2.01. The zero-order valence-corrected chi connectivity index (χ0v) is 19.5. The molecule has 0 saturated carbocycles. The quantitative estimate of drug-likeness (QED) is 0.556. The van der Waals surface area contributed by atoms with Crippen molar-refractivity contribution < 1.29 is 19.0 Å². The highest BCUT2D eigenvalue weighted by Gasteiger charge is 2.36. The van der Waals surface area contributed by atoms with E-state index in [1.54, 1.807) is 56.7 Å². The van der Waals surface area contributed by atoms with Crippen LogP contribution < -0.4 is 30.0 Å². The number of methoxy groups -OCH3 is 3. The van der Waals surface area contributed by atoms with Crippen LogP contribution in [0.15, 0.2) is 58.9 Å². The first-order chi connectivity index (χ1) is 16.4. The second-order valence-corrected chi connectivity index (χ2v) is 8.38. The molecule has 4 rings (SSSR count). The Bertz CT molecular complexity index is 1510. The van der Waals surface area contributed by atoms with Gasteiger partial charge < -0.3 is 19.9 Å². The minimum absolute atomic E-state index is 0.0348. The van der Waals surface area contributed by atoms with Crippen molar-refractivity contribution in [1.29, 1.82) is 5.26 Å². The number of benzene rings is 2. The standard InChI is InChI=1S/C25H21N3O5S/c1-31-16-8-4-14(5-9-16)12-19-23(29)28-22(27)21(25(30)33-3)20(18(13-26)24(28)34-19)15-6-10-17(32-2)11-7-15/h4-12,20H,27H2,1-3H3/b19-12-. The lowest BCUT2D eigenvalue weighted by Crippen LogP contribution is -2.40. The molecule has 34 heavy (non-hydrogen) atoms. The maximum atomic E-state index is 13.3. The third-order valence-corrected chi connectivity index (χ3v) is 6.64. The second kappa shape index (κ2) is 9.29. The summed E-state index contributed by atoms with van der Waals surface area (Å²) >= 11 is 1.14. The molecule has 2 aromatic carbocycles. The summed E-state index contributed by atoms with van der Waals surface area (Å²) in [5.41, 5.74) is 7.65. The molecule has 1 aliphatic heterocycles. The molecule has 1 atom stereocenters. The lowest BCUT2D eigenvalue weighted by atomic mass is 9.84. The smallest absolute Gasteiger partial charge is 0.338 e. The van der Waals surface area contributed by atoms with Crippen LogP contribution in [0.1, 0.15) is 17.0 Å². The number of nitrogens with zero attached hydrogens (tertiary/aromatic N) is 2. The molecular formula is C25H21N3O5S. The Morgan fingerprint density at radius 2 is 1.65 bits per heavy atom. The third-order valence-electron chi connectivity index (χ3n) is 5.54. The van der Waals surface area contributed by atoms with Crippen molar-refractivity contribution in [1.82, 2.24) is 4.57 Å². The van der Waals surface area contributed by atoms with Crippen LogP contribution in [0.4, 0.5) is 0 Å². The van der Waals surface area contributed by atoms with Gasteiger partial charge in [-0.25, -0.2) is 4.79 Å². The largest absolute Gasteiger partial charge is 0.497 e. The van der Waals surface area contributed by atoms with Crippen molar-refractivity contribution in [2.75, 3.05) is 21.3 Å². The summed E-state index contributed by atoms with van der Waals surface area (Å²) < 4.78 is 17.3. The fraction of sp³-hybridized carbons (Fsp3) is 0.160. The number of carbonyl (C=O) groups excluding carboxylic acids is 1. The average Bonchev–Trinajstić information content (AvgIpc) is 3.19. The highest BCUT2D eigenvalue weighted by atomic mass is 32.1. The minimum Gasteiger partial charge on any atom is -0.497 e. The van der Waals surface area contributed by atoms with Gasteiger partial charge in [0.25, 0.3) is 5.56 Å². The lowest BCUT2D eigenvalue weighted by molar-refractivity contribution is -0.136. The van der Waals surface area contributed by atoms with Gasteiger partial charge in [0.15, 0.2) is 0 Å². The molecule has 2 N–H and O–H groups in total. The maximum absolute atomic E-state index is 13.3. The summed E-state index contributed by atoms with van der Waals surface area (Å²) in [5, 5.41) is 10.1. The number of hydrogen-bond acceptors (Lipinski definition) is 8. The first-order valence-electron chi connectivity index (χ1n) is 10.2. The molecular weight excluding hydrogens is 454 g/mol. The fourth-order valence-electron chi connectivity index (χ4n) is 3.84. The number of aromatic nitrogens is 1. The monoisotopic (exact) mass is 475 g/mol. The van der Waals surface area contributed by atoms with E-state index in [0.29, 0.717) is 26.3 Å². The van der Waals surface area contributed by atoms with Crippen molar-refractivity contribution in [3.05, 3.63) is 84.8 Å². The first-order valence-corrected chi connectivity index (χ1v) is 11.0. The van der Waals surface area contributed by atoms with Gasteiger partial charge in [0.05, 0.1) is 49.0 Å². The number of esters is 1. The van der Waals surface area contributed by atoms with Crippen molar-refractivity contribution in [2.45, 2.75) is 5.92 Å². The van der Waals surface area contributed by atoms with Gasteiger partial charge >= 0.3 is 5.97 Å². The molecule has 172 valence electrons. The Morgan fingerprint density at radius 1 is 1.06 bits per heavy atom. The molecule has 8 nitrogen and oxygen atoms in total. The van der Waals surface area contributed by atoms with E-state index in [1.165, 1.54) is 11.7 Å². The lowest BCUT2D eigenvalue weighted by Gasteiger charge is -2.24. The fourth-order valence-corrected chi connectivity index (χ4v) is 4.97.